The molecule has 2 amide bonds. The van der Waals surface area contributed by atoms with E-state index in [-0.39, 0.29) is 12.2 Å². The van der Waals surface area contributed by atoms with Crippen LogP contribution in [-0.2, 0) is 12.1 Å². The Morgan fingerprint density at radius 3 is 2.70 bits per heavy atom. The van der Waals surface area contributed by atoms with Gasteiger partial charge in [-0.05, 0) is 25.0 Å². The number of hydrogen-bond donors (Lipinski definition) is 3. The van der Waals surface area contributed by atoms with Gasteiger partial charge >= 0.3 is 0 Å². The van der Waals surface area contributed by atoms with Crippen molar-refractivity contribution in [1.82, 2.24) is 24.6 Å². The molecule has 0 bridgehead atoms. The van der Waals surface area contributed by atoms with E-state index in [1.165, 1.54) is 17.9 Å². The molecule has 30 heavy (non-hydrogen) atoms. The highest BCUT2D eigenvalue weighted by atomic mass is 16.3. The zero-order valence-corrected chi connectivity index (χ0v) is 16.5. The van der Waals surface area contributed by atoms with E-state index in [0.717, 1.165) is 25.7 Å². The summed E-state index contributed by atoms with van der Waals surface area (Å²) in [4.78, 5) is 40.6. The van der Waals surface area contributed by atoms with Crippen LogP contribution < -0.4 is 16.5 Å². The fraction of sp³-hybridized carbons (Fsp3) is 0.350. The molecular weight excluding hydrogens is 388 g/mol. The molecule has 0 aromatic carbocycles. The Hall–Kier alpha value is -3.69. The van der Waals surface area contributed by atoms with Crippen LogP contribution in [0.1, 0.15) is 46.5 Å². The number of pyridine rings is 1. The van der Waals surface area contributed by atoms with Gasteiger partial charge in [0, 0.05) is 24.8 Å². The molecular formula is C20H22N6O4. The number of hydrogen-bond acceptors (Lipinski definition) is 6. The van der Waals surface area contributed by atoms with Crippen LogP contribution in [0.3, 0.4) is 0 Å². The lowest BCUT2D eigenvalue weighted by atomic mass is 9.97. The van der Waals surface area contributed by atoms with E-state index in [1.807, 2.05) is 4.57 Å². The maximum atomic E-state index is 12.1. The Kier molecular flexibility index (Phi) is 4.76. The van der Waals surface area contributed by atoms with Crippen molar-refractivity contribution in [3.8, 4) is 5.75 Å². The number of aromatic nitrogens is 4. The third kappa shape index (κ3) is 3.10. The summed E-state index contributed by atoms with van der Waals surface area (Å²) in [5.74, 6) is -1.76. The predicted octanol–water partition coefficient (Wildman–Crippen LogP) is 0.727. The van der Waals surface area contributed by atoms with Gasteiger partial charge in [0.05, 0.1) is 23.8 Å². The molecule has 156 valence electrons. The molecule has 4 rings (SSSR count). The van der Waals surface area contributed by atoms with E-state index in [0.29, 0.717) is 16.6 Å². The van der Waals surface area contributed by atoms with E-state index in [1.54, 1.807) is 24.5 Å². The van der Waals surface area contributed by atoms with Gasteiger partial charge in [-0.1, -0.05) is 12.8 Å². The molecule has 3 aromatic heterocycles. The molecule has 1 fully saturated rings. The molecule has 4 N–H and O–H groups in total. The molecule has 0 radical (unpaired) electrons. The summed E-state index contributed by atoms with van der Waals surface area (Å²) in [6.07, 6.45) is 8.04. The second-order valence-corrected chi connectivity index (χ2v) is 7.55. The van der Waals surface area contributed by atoms with Crippen molar-refractivity contribution in [2.45, 2.75) is 37.8 Å². The number of fused-ring (bicyclic) bond motifs is 1. The minimum Gasteiger partial charge on any atom is -0.503 e. The van der Waals surface area contributed by atoms with Crippen molar-refractivity contribution in [1.29, 1.82) is 0 Å². The smallest absolute Gasteiger partial charge is 0.275 e. The Morgan fingerprint density at radius 2 is 2.03 bits per heavy atom. The van der Waals surface area contributed by atoms with E-state index in [2.05, 4.69) is 15.4 Å². The lowest BCUT2D eigenvalue weighted by molar-refractivity contribution is 0.0950. The summed E-state index contributed by atoms with van der Waals surface area (Å²) in [6.45, 7) is 0.281. The van der Waals surface area contributed by atoms with Crippen LogP contribution in [0.5, 0.6) is 5.75 Å². The predicted molar refractivity (Wildman–Crippen MR) is 108 cm³/mol. The van der Waals surface area contributed by atoms with Gasteiger partial charge in [0.1, 0.15) is 5.65 Å². The van der Waals surface area contributed by atoms with E-state index in [4.69, 9.17) is 5.73 Å². The van der Waals surface area contributed by atoms with Crippen LogP contribution in [0.25, 0.3) is 11.0 Å². The summed E-state index contributed by atoms with van der Waals surface area (Å²) >= 11 is 0. The Balaban J connectivity index is 1.86. The number of amides is 2. The van der Waals surface area contributed by atoms with Gasteiger partial charge in [0.25, 0.3) is 17.2 Å². The molecule has 3 aromatic rings. The van der Waals surface area contributed by atoms with Crippen molar-refractivity contribution in [2.75, 3.05) is 7.05 Å². The summed E-state index contributed by atoms with van der Waals surface area (Å²) in [7, 11) is 1.39. The number of primary amides is 1. The number of aromatic hydroxyl groups is 1. The lowest BCUT2D eigenvalue weighted by Crippen LogP contribution is -2.37. The normalized spacial score (nSPS) is 15.4. The van der Waals surface area contributed by atoms with Crippen LogP contribution in [-0.4, -0.2) is 43.3 Å². The molecule has 1 aliphatic carbocycles. The van der Waals surface area contributed by atoms with Crippen molar-refractivity contribution < 1.29 is 14.7 Å². The van der Waals surface area contributed by atoms with Gasteiger partial charge in [0.2, 0.25) is 0 Å². The highest BCUT2D eigenvalue weighted by molar-refractivity contribution is 6.05. The van der Waals surface area contributed by atoms with Crippen molar-refractivity contribution in [3.05, 3.63) is 52.2 Å². The zero-order valence-electron chi connectivity index (χ0n) is 16.5. The van der Waals surface area contributed by atoms with Gasteiger partial charge in [-0.15, -0.1) is 0 Å². The quantitative estimate of drug-likeness (QED) is 0.565. The number of carbonyl (C=O) groups is 2. The molecule has 0 spiro atoms. The molecule has 3 heterocycles. The zero-order chi connectivity index (χ0) is 21.5. The van der Waals surface area contributed by atoms with Crippen LogP contribution >= 0.6 is 0 Å². The average Bonchev–Trinajstić information content (AvgIpc) is 3.35. The maximum absolute atomic E-state index is 12.1. The minimum absolute atomic E-state index is 0.281. The Bertz CT molecular complexity index is 1210. The largest absolute Gasteiger partial charge is 0.503 e. The highest BCUT2D eigenvalue weighted by Gasteiger charge is 2.38. The van der Waals surface area contributed by atoms with E-state index >= 15 is 0 Å². The first-order valence-corrected chi connectivity index (χ1v) is 9.65. The SMILES string of the molecule is CNC(=O)c1nn(CC2(n3cc(C(N)=O)c4cccnc43)CCCC2)cc(O)c1=O. The van der Waals surface area contributed by atoms with Crippen molar-refractivity contribution in [2.24, 2.45) is 5.73 Å². The summed E-state index contributed by atoms with van der Waals surface area (Å²) < 4.78 is 3.36. The van der Waals surface area contributed by atoms with Crippen molar-refractivity contribution >= 4 is 22.8 Å². The lowest BCUT2D eigenvalue weighted by Gasteiger charge is -2.32. The Labute approximate surface area is 171 Å². The highest BCUT2D eigenvalue weighted by Crippen LogP contribution is 2.41. The monoisotopic (exact) mass is 410 g/mol. The second-order valence-electron chi connectivity index (χ2n) is 7.55. The minimum atomic E-state index is -0.824. The number of carbonyl (C=O) groups excluding carboxylic acids is 2. The van der Waals surface area contributed by atoms with Crippen molar-refractivity contribution in [3.63, 3.8) is 0 Å². The molecule has 0 aliphatic heterocycles. The number of nitrogens with zero attached hydrogens (tertiary/aromatic N) is 4. The van der Waals surface area contributed by atoms with Gasteiger partial charge in [-0.2, -0.15) is 5.10 Å². The summed E-state index contributed by atoms with van der Waals surface area (Å²) in [5, 5.41) is 17.3. The van der Waals surface area contributed by atoms with Crippen LogP contribution in [0, 0.1) is 0 Å². The molecule has 0 saturated heterocycles. The van der Waals surface area contributed by atoms with Gasteiger partial charge in [-0.3, -0.25) is 19.1 Å². The molecule has 0 unspecified atom stereocenters. The number of nitrogens with two attached hydrogens (primary N) is 1. The van der Waals surface area contributed by atoms with Crippen LogP contribution in [0.15, 0.2) is 35.5 Å². The first-order valence-electron chi connectivity index (χ1n) is 9.65. The molecule has 1 aliphatic rings. The van der Waals surface area contributed by atoms with Crippen LogP contribution in [0.4, 0.5) is 0 Å². The van der Waals surface area contributed by atoms with Gasteiger partial charge in [0.15, 0.2) is 11.4 Å². The first-order chi connectivity index (χ1) is 14.4. The second kappa shape index (κ2) is 7.29. The van der Waals surface area contributed by atoms with Gasteiger partial charge < -0.3 is 20.7 Å². The molecule has 10 heteroatoms. The van der Waals surface area contributed by atoms with E-state index < -0.39 is 28.5 Å². The van der Waals surface area contributed by atoms with Crippen LogP contribution in [0.2, 0.25) is 0 Å². The number of nitrogens with one attached hydrogen (secondary N) is 1. The average molecular weight is 410 g/mol. The van der Waals surface area contributed by atoms with Gasteiger partial charge in [-0.25, -0.2) is 4.98 Å². The molecule has 0 atom stereocenters. The third-order valence-electron chi connectivity index (χ3n) is 5.72. The van der Waals surface area contributed by atoms with E-state index in [9.17, 15) is 19.5 Å². The molecule has 1 saturated carbocycles. The summed E-state index contributed by atoms with van der Waals surface area (Å²) in [5.41, 5.74) is 4.89. The fourth-order valence-corrected chi connectivity index (χ4v) is 4.30. The summed E-state index contributed by atoms with van der Waals surface area (Å²) in [6, 6.07) is 3.55. The maximum Gasteiger partial charge on any atom is 0.275 e. The third-order valence-corrected chi connectivity index (χ3v) is 5.72. The topological polar surface area (TPSA) is 145 Å². The Morgan fingerprint density at radius 1 is 1.30 bits per heavy atom. The number of rotatable bonds is 5. The first kappa shape index (κ1) is 19.6. The standard InChI is InChI=1S/C20H22N6O4/c1-22-19(30)15-16(28)14(27)10-25(24-15)11-20(6-2-3-7-20)26-9-13(17(21)29)12-5-4-8-23-18(12)26/h4-5,8-10,27H,2-3,6-7,11H2,1H3,(H2,21,29)(H,22,30). The fourth-order valence-electron chi connectivity index (χ4n) is 4.30. The molecule has 10 nitrogen and oxygen atoms in total.